The minimum atomic E-state index is -0.0300. The highest BCUT2D eigenvalue weighted by molar-refractivity contribution is 5.92. The van der Waals surface area contributed by atoms with E-state index in [9.17, 15) is 4.79 Å². The van der Waals surface area contributed by atoms with Gasteiger partial charge >= 0.3 is 0 Å². The number of nitrogens with zero attached hydrogens (tertiary/aromatic N) is 6. The van der Waals surface area contributed by atoms with Crippen LogP contribution in [0, 0.1) is 13.8 Å². The maximum absolute atomic E-state index is 12.9. The van der Waals surface area contributed by atoms with Crippen molar-refractivity contribution in [2.45, 2.75) is 13.8 Å². The number of anilines is 1. The predicted octanol–water partition coefficient (Wildman–Crippen LogP) is 2.24. The highest BCUT2D eigenvalue weighted by atomic mass is 16.2. The Hall–Kier alpha value is -3.22. The summed E-state index contributed by atoms with van der Waals surface area (Å²) in [5.74, 6) is 0.682. The molecule has 7 nitrogen and oxygen atoms in total. The van der Waals surface area contributed by atoms with Crippen molar-refractivity contribution in [1.82, 2.24) is 24.6 Å². The first-order valence-corrected chi connectivity index (χ1v) is 9.07. The molecule has 7 heteroatoms. The number of piperazine rings is 1. The number of aromatic nitrogens is 4. The van der Waals surface area contributed by atoms with Crippen LogP contribution in [0.15, 0.2) is 48.8 Å². The van der Waals surface area contributed by atoms with E-state index in [4.69, 9.17) is 0 Å². The molecule has 1 aromatic carbocycles. The Morgan fingerprint density at radius 1 is 0.963 bits per heavy atom. The van der Waals surface area contributed by atoms with Crippen molar-refractivity contribution in [1.29, 1.82) is 0 Å². The molecule has 0 atom stereocenters. The van der Waals surface area contributed by atoms with E-state index in [1.165, 1.54) is 5.56 Å². The third-order valence-electron chi connectivity index (χ3n) is 4.79. The molecule has 0 unspecified atom stereocenters. The Kier molecular flexibility index (Phi) is 4.58. The van der Waals surface area contributed by atoms with Gasteiger partial charge in [0.1, 0.15) is 0 Å². The molecule has 2 aromatic heterocycles. The summed E-state index contributed by atoms with van der Waals surface area (Å²) in [5.41, 5.74) is 3.58. The van der Waals surface area contributed by atoms with Gasteiger partial charge in [-0.2, -0.15) is 5.10 Å². The molecular weight excluding hydrogens is 340 g/mol. The van der Waals surface area contributed by atoms with Crippen LogP contribution in [0.4, 0.5) is 5.95 Å². The van der Waals surface area contributed by atoms with Gasteiger partial charge in [-0.05, 0) is 38.1 Å². The van der Waals surface area contributed by atoms with Crippen molar-refractivity contribution in [2.24, 2.45) is 0 Å². The second-order valence-electron chi connectivity index (χ2n) is 6.75. The lowest BCUT2D eigenvalue weighted by atomic mass is 10.2. The molecule has 1 aliphatic rings. The van der Waals surface area contributed by atoms with E-state index in [-0.39, 0.29) is 5.91 Å². The number of hydrogen-bond donors (Lipinski definition) is 0. The second-order valence-corrected chi connectivity index (χ2v) is 6.75. The van der Waals surface area contributed by atoms with Crippen LogP contribution in [0.1, 0.15) is 21.7 Å². The number of carbonyl (C=O) groups is 1. The zero-order valence-corrected chi connectivity index (χ0v) is 15.5. The molecule has 0 N–H and O–H groups in total. The summed E-state index contributed by atoms with van der Waals surface area (Å²) in [6.45, 7) is 6.71. The van der Waals surface area contributed by atoms with Gasteiger partial charge in [0.15, 0.2) is 5.69 Å². The number of carbonyl (C=O) groups excluding carboxylic acids is 1. The average molecular weight is 362 g/mol. The minimum Gasteiger partial charge on any atom is -0.337 e. The lowest BCUT2D eigenvalue weighted by molar-refractivity contribution is 0.0740. The van der Waals surface area contributed by atoms with E-state index in [1.807, 2.05) is 46.8 Å². The third kappa shape index (κ3) is 3.53. The zero-order valence-electron chi connectivity index (χ0n) is 15.5. The summed E-state index contributed by atoms with van der Waals surface area (Å²) < 4.78 is 1.82. The maximum Gasteiger partial charge on any atom is 0.274 e. The van der Waals surface area contributed by atoms with E-state index < -0.39 is 0 Å². The minimum absolute atomic E-state index is 0.0300. The smallest absolute Gasteiger partial charge is 0.274 e. The number of hydrogen-bond acceptors (Lipinski definition) is 5. The molecule has 0 spiro atoms. The molecule has 0 saturated carbocycles. The largest absolute Gasteiger partial charge is 0.337 e. The summed E-state index contributed by atoms with van der Waals surface area (Å²) in [6, 6.07) is 11.8. The molecule has 4 rings (SSSR count). The van der Waals surface area contributed by atoms with E-state index in [1.54, 1.807) is 18.5 Å². The van der Waals surface area contributed by atoms with Crippen LogP contribution >= 0.6 is 0 Å². The van der Waals surface area contributed by atoms with Crippen molar-refractivity contribution in [3.05, 3.63) is 65.7 Å². The Morgan fingerprint density at radius 2 is 1.63 bits per heavy atom. The Labute approximate surface area is 158 Å². The summed E-state index contributed by atoms with van der Waals surface area (Å²) >= 11 is 0. The van der Waals surface area contributed by atoms with Gasteiger partial charge in [0, 0.05) is 44.3 Å². The average Bonchev–Trinajstić information content (AvgIpc) is 3.10. The van der Waals surface area contributed by atoms with Gasteiger partial charge in [0.2, 0.25) is 5.95 Å². The molecule has 138 valence electrons. The van der Waals surface area contributed by atoms with Crippen molar-refractivity contribution >= 4 is 11.9 Å². The molecule has 27 heavy (non-hydrogen) atoms. The number of rotatable bonds is 3. The third-order valence-corrected chi connectivity index (χ3v) is 4.79. The van der Waals surface area contributed by atoms with E-state index in [0.717, 1.165) is 11.4 Å². The maximum atomic E-state index is 12.9. The molecule has 3 aromatic rings. The normalized spacial score (nSPS) is 14.4. The molecule has 1 amide bonds. The van der Waals surface area contributed by atoms with Crippen LogP contribution < -0.4 is 4.90 Å². The second kappa shape index (κ2) is 7.19. The summed E-state index contributed by atoms with van der Waals surface area (Å²) in [7, 11) is 0. The Morgan fingerprint density at radius 3 is 2.30 bits per heavy atom. The first kappa shape index (κ1) is 17.2. The first-order chi connectivity index (χ1) is 13.1. The molecule has 0 bridgehead atoms. The van der Waals surface area contributed by atoms with Gasteiger partial charge in [0.05, 0.1) is 5.69 Å². The van der Waals surface area contributed by atoms with Crippen LogP contribution in [-0.2, 0) is 0 Å². The highest BCUT2D eigenvalue weighted by Crippen LogP contribution is 2.16. The Bertz CT molecular complexity index is 927. The monoisotopic (exact) mass is 362 g/mol. The molecule has 1 aliphatic heterocycles. The van der Waals surface area contributed by atoms with Crippen molar-refractivity contribution in [3.8, 4) is 5.69 Å². The van der Waals surface area contributed by atoms with Crippen LogP contribution in [-0.4, -0.2) is 56.7 Å². The number of amides is 1. The van der Waals surface area contributed by atoms with E-state index in [2.05, 4.69) is 26.9 Å². The van der Waals surface area contributed by atoms with Gasteiger partial charge in [-0.15, -0.1) is 0 Å². The van der Waals surface area contributed by atoms with Crippen LogP contribution in [0.2, 0.25) is 0 Å². The number of aryl methyl sites for hydroxylation is 2. The fourth-order valence-corrected chi connectivity index (χ4v) is 3.25. The molecule has 3 heterocycles. The zero-order chi connectivity index (χ0) is 18.8. The first-order valence-electron chi connectivity index (χ1n) is 9.07. The fourth-order valence-electron chi connectivity index (χ4n) is 3.25. The summed E-state index contributed by atoms with van der Waals surface area (Å²) in [4.78, 5) is 25.4. The van der Waals surface area contributed by atoms with Gasteiger partial charge in [-0.25, -0.2) is 14.6 Å². The SMILES string of the molecule is Cc1ccc(-n2nc(C(=O)N3CCN(c4ncccn4)CC3)cc2C)cc1. The van der Waals surface area contributed by atoms with E-state index >= 15 is 0 Å². The van der Waals surface area contributed by atoms with Crippen molar-refractivity contribution in [3.63, 3.8) is 0 Å². The molecule has 0 radical (unpaired) electrons. The fraction of sp³-hybridized carbons (Fsp3) is 0.300. The summed E-state index contributed by atoms with van der Waals surface area (Å²) in [6.07, 6.45) is 3.47. The van der Waals surface area contributed by atoms with Crippen molar-refractivity contribution in [2.75, 3.05) is 31.1 Å². The lowest BCUT2D eigenvalue weighted by Gasteiger charge is -2.34. The molecule has 1 saturated heterocycles. The standard InChI is InChI=1S/C20H22N6O/c1-15-4-6-17(7-5-15)26-16(2)14-18(23-26)19(27)24-10-12-25(13-11-24)20-21-8-3-9-22-20/h3-9,14H,10-13H2,1-2H3. The van der Waals surface area contributed by atoms with Gasteiger partial charge in [-0.3, -0.25) is 4.79 Å². The molecule has 0 aliphatic carbocycles. The topological polar surface area (TPSA) is 67.2 Å². The highest BCUT2D eigenvalue weighted by Gasteiger charge is 2.25. The number of benzene rings is 1. The van der Waals surface area contributed by atoms with E-state index in [0.29, 0.717) is 37.8 Å². The molecular formula is C20H22N6O. The van der Waals surface area contributed by atoms with Crippen LogP contribution in [0.5, 0.6) is 0 Å². The van der Waals surface area contributed by atoms with Gasteiger partial charge < -0.3 is 9.80 Å². The predicted molar refractivity (Wildman–Crippen MR) is 103 cm³/mol. The van der Waals surface area contributed by atoms with Crippen LogP contribution in [0.3, 0.4) is 0 Å². The lowest BCUT2D eigenvalue weighted by Crippen LogP contribution is -2.49. The molecule has 1 fully saturated rings. The quantitative estimate of drug-likeness (QED) is 0.715. The Balaban J connectivity index is 1.46. The van der Waals surface area contributed by atoms with Crippen molar-refractivity contribution < 1.29 is 4.79 Å². The van der Waals surface area contributed by atoms with Gasteiger partial charge in [0.25, 0.3) is 5.91 Å². The van der Waals surface area contributed by atoms with Crippen LogP contribution in [0.25, 0.3) is 5.69 Å². The van der Waals surface area contributed by atoms with Gasteiger partial charge in [-0.1, -0.05) is 17.7 Å². The summed E-state index contributed by atoms with van der Waals surface area (Å²) in [5, 5.41) is 4.55.